The Kier molecular flexibility index (Phi) is 11.1. The first kappa shape index (κ1) is 36.2. The Morgan fingerprint density at radius 2 is 1.89 bits per heavy atom. The van der Waals surface area contributed by atoms with E-state index in [1.54, 1.807) is 32.4 Å². The summed E-state index contributed by atoms with van der Waals surface area (Å²) in [6.07, 6.45) is 15.7. The van der Waals surface area contributed by atoms with Gasteiger partial charge in [-0.3, -0.25) is 14.0 Å². The lowest BCUT2D eigenvalue weighted by atomic mass is 9.85. The molecule has 0 spiro atoms. The maximum absolute atomic E-state index is 13.2. The van der Waals surface area contributed by atoms with E-state index >= 15 is 0 Å². The van der Waals surface area contributed by atoms with Crippen LogP contribution >= 0.6 is 0 Å². The molecule has 12 nitrogen and oxygen atoms in total. The zero-order valence-electron chi connectivity index (χ0n) is 30.6. The van der Waals surface area contributed by atoms with Crippen LogP contribution in [0.1, 0.15) is 96.7 Å². The smallest absolute Gasteiger partial charge is 0.256 e. The van der Waals surface area contributed by atoms with E-state index in [0.29, 0.717) is 47.2 Å². The van der Waals surface area contributed by atoms with Crippen LogP contribution in [0.4, 0.5) is 11.6 Å². The molecule has 1 aliphatic carbocycles. The number of aromatic nitrogens is 4. The highest BCUT2D eigenvalue weighted by Crippen LogP contribution is 2.39. The largest absolute Gasteiger partial charge is 0.497 e. The summed E-state index contributed by atoms with van der Waals surface area (Å²) in [5.74, 6) is 3.17. The van der Waals surface area contributed by atoms with Gasteiger partial charge in [-0.25, -0.2) is 15.0 Å². The van der Waals surface area contributed by atoms with Gasteiger partial charge in [-0.1, -0.05) is 31.1 Å². The third kappa shape index (κ3) is 8.05. The second kappa shape index (κ2) is 16.6. The normalized spacial score (nSPS) is 18.0. The van der Waals surface area contributed by atoms with E-state index in [1.807, 2.05) is 36.5 Å². The molecule has 0 unspecified atom stereocenters. The third-order valence-corrected chi connectivity index (χ3v) is 10.2. The maximum atomic E-state index is 13.2. The summed E-state index contributed by atoms with van der Waals surface area (Å²) >= 11 is 0. The summed E-state index contributed by atoms with van der Waals surface area (Å²) in [5.41, 5.74) is 5.09. The molecule has 2 bridgehead atoms. The number of hydrogen-bond donors (Lipinski definition) is 3. The number of carbonyl (C=O) groups is 2. The molecule has 1 saturated carbocycles. The maximum Gasteiger partial charge on any atom is 0.256 e. The zero-order valence-corrected chi connectivity index (χ0v) is 30.6. The summed E-state index contributed by atoms with van der Waals surface area (Å²) in [4.78, 5) is 40.7. The van der Waals surface area contributed by atoms with Crippen molar-refractivity contribution in [1.82, 2.24) is 24.7 Å². The van der Waals surface area contributed by atoms with Gasteiger partial charge in [0.25, 0.3) is 5.91 Å². The second-order valence-corrected chi connectivity index (χ2v) is 13.8. The average molecular weight is 725 g/mol. The highest BCUT2D eigenvalue weighted by Gasteiger charge is 2.30. The molecule has 2 aliphatic rings. The number of fused-ring (bicyclic) bond motifs is 3. The predicted octanol–water partition coefficient (Wildman–Crippen LogP) is 7.66. The van der Waals surface area contributed by atoms with Crippen molar-refractivity contribution in [3.05, 3.63) is 101 Å². The van der Waals surface area contributed by atoms with Gasteiger partial charge < -0.3 is 25.4 Å². The second-order valence-electron chi connectivity index (χ2n) is 13.8. The fourth-order valence-electron chi connectivity index (χ4n) is 7.39. The van der Waals surface area contributed by atoms with Crippen molar-refractivity contribution in [3.8, 4) is 28.8 Å². The van der Waals surface area contributed by atoms with Crippen LogP contribution in [-0.2, 0) is 11.3 Å². The minimum atomic E-state index is -0.340. The number of anilines is 2. The molecule has 1 fully saturated rings. The highest BCUT2D eigenvalue weighted by molar-refractivity contribution is 6.04. The minimum absolute atomic E-state index is 0.0827. The number of nitriles is 1. The molecule has 7 rings (SSSR count). The number of imidazole rings is 1. The lowest BCUT2D eigenvalue weighted by Gasteiger charge is -2.29. The number of amides is 2. The van der Waals surface area contributed by atoms with Gasteiger partial charge in [0.15, 0.2) is 5.82 Å². The zero-order chi connectivity index (χ0) is 37.4. The monoisotopic (exact) mass is 724 g/mol. The highest BCUT2D eigenvalue weighted by atomic mass is 16.5. The molecule has 276 valence electrons. The number of nitrogens with zero attached hydrogens (tertiary/aromatic N) is 5. The van der Waals surface area contributed by atoms with Crippen LogP contribution in [0.3, 0.4) is 0 Å². The third-order valence-electron chi connectivity index (χ3n) is 10.2. The Bertz CT molecular complexity index is 2220. The summed E-state index contributed by atoms with van der Waals surface area (Å²) in [6, 6.07) is 18.3. The van der Waals surface area contributed by atoms with Crippen LogP contribution in [0.5, 0.6) is 11.5 Å². The van der Waals surface area contributed by atoms with Crippen molar-refractivity contribution in [2.24, 2.45) is 0 Å². The molecule has 0 radical (unpaired) electrons. The molecule has 5 aromatic rings. The first-order valence-electron chi connectivity index (χ1n) is 18.5. The van der Waals surface area contributed by atoms with Crippen LogP contribution in [0.15, 0.2) is 73.1 Å². The molecule has 2 aromatic carbocycles. The summed E-state index contributed by atoms with van der Waals surface area (Å²) in [7, 11) is 3.27. The first-order chi connectivity index (χ1) is 26.4. The molecule has 3 N–H and O–H groups in total. The molecule has 3 aromatic heterocycles. The molecule has 54 heavy (non-hydrogen) atoms. The number of rotatable bonds is 8. The van der Waals surface area contributed by atoms with E-state index in [-0.39, 0.29) is 23.8 Å². The SMILES string of the molecule is COc1ccc(CNc2ncc3n4c(nc(-c5ccc(C(=O)Nc6cc(C#N)ccn6)cc5)c24)[C@@H]2CCC[C@H](C2)NC(=O)CCCCC/C=C/3)c(OC)c1. The molecule has 0 saturated heterocycles. The van der Waals surface area contributed by atoms with E-state index in [1.165, 1.54) is 12.3 Å². The van der Waals surface area contributed by atoms with Crippen LogP contribution in [0.25, 0.3) is 22.9 Å². The van der Waals surface area contributed by atoms with Crippen LogP contribution in [-0.4, -0.2) is 51.4 Å². The van der Waals surface area contributed by atoms with E-state index < -0.39 is 0 Å². The van der Waals surface area contributed by atoms with Crippen LogP contribution in [0, 0.1) is 11.3 Å². The van der Waals surface area contributed by atoms with Crippen molar-refractivity contribution in [3.63, 3.8) is 0 Å². The van der Waals surface area contributed by atoms with E-state index in [2.05, 4.69) is 43.6 Å². The lowest BCUT2D eigenvalue weighted by Crippen LogP contribution is -2.38. The quantitative estimate of drug-likeness (QED) is 0.146. The Hall–Kier alpha value is -6.22. The number of pyridine rings is 1. The van der Waals surface area contributed by atoms with Gasteiger partial charge in [0, 0.05) is 53.9 Å². The van der Waals surface area contributed by atoms with Crippen LogP contribution < -0.4 is 25.4 Å². The van der Waals surface area contributed by atoms with Gasteiger partial charge in [0.05, 0.1) is 37.7 Å². The number of methoxy groups -OCH3 is 2. The molecular weight excluding hydrogens is 681 g/mol. The van der Waals surface area contributed by atoms with Crippen molar-refractivity contribution in [2.75, 3.05) is 24.9 Å². The van der Waals surface area contributed by atoms with Gasteiger partial charge >= 0.3 is 0 Å². The molecule has 12 heteroatoms. The first-order valence-corrected chi connectivity index (χ1v) is 18.5. The molecule has 2 atom stereocenters. The number of ether oxygens (including phenoxy) is 2. The standard InChI is InChI=1S/C42H44N8O4/c1-53-34-18-17-31(35(23-34)54-2)25-45-40-39-38(28-13-15-29(16-14-28)42(52)48-36-21-27(24-43)19-20-44-36)49-41-30-9-8-10-32(22-30)47-37(51)12-7-5-3-4-6-11-33(26-46-40)50(39)41/h6,11,13-21,23,26,30,32H,3-5,7-10,12,22,25H2,1-2H3,(H,45,46)(H,47,51)(H,44,48,52)/b11-6+/t30-,32-/m1/s1. The van der Waals surface area contributed by atoms with Gasteiger partial charge in [-0.15, -0.1) is 0 Å². The number of hydrogen-bond acceptors (Lipinski definition) is 9. The Morgan fingerprint density at radius 3 is 2.70 bits per heavy atom. The van der Waals surface area contributed by atoms with Gasteiger partial charge in [0.1, 0.15) is 34.4 Å². The number of nitrogens with one attached hydrogen (secondary N) is 3. The van der Waals surface area contributed by atoms with Gasteiger partial charge in [0.2, 0.25) is 5.91 Å². The molecule has 1 aliphatic heterocycles. The minimum Gasteiger partial charge on any atom is -0.497 e. The molecular formula is C42H44N8O4. The lowest BCUT2D eigenvalue weighted by molar-refractivity contribution is -0.122. The average Bonchev–Trinajstić information content (AvgIpc) is 3.61. The number of allylic oxidation sites excluding steroid dienone is 1. The van der Waals surface area contributed by atoms with Gasteiger partial charge in [-0.05, 0) is 81.0 Å². The molecule has 4 heterocycles. The van der Waals surface area contributed by atoms with Crippen LogP contribution in [0.2, 0.25) is 0 Å². The topological polar surface area (TPSA) is 156 Å². The van der Waals surface area contributed by atoms with E-state index in [4.69, 9.17) is 19.4 Å². The van der Waals surface area contributed by atoms with E-state index in [9.17, 15) is 14.9 Å². The summed E-state index contributed by atoms with van der Waals surface area (Å²) in [6.45, 7) is 0.433. The number of benzene rings is 2. The van der Waals surface area contributed by atoms with Crippen molar-refractivity contribution in [2.45, 2.75) is 76.3 Å². The Balaban J connectivity index is 1.31. The number of carbonyl (C=O) groups excluding carboxylic acids is 2. The predicted molar refractivity (Wildman–Crippen MR) is 207 cm³/mol. The van der Waals surface area contributed by atoms with E-state index in [0.717, 1.165) is 85.2 Å². The fraction of sp³-hybridized carbons (Fsp3) is 0.333. The Labute approximate surface area is 314 Å². The molecule has 2 amide bonds. The summed E-state index contributed by atoms with van der Waals surface area (Å²) in [5, 5.41) is 19.0. The van der Waals surface area contributed by atoms with Crippen molar-refractivity contribution < 1.29 is 19.1 Å². The van der Waals surface area contributed by atoms with Gasteiger partial charge in [-0.2, -0.15) is 5.26 Å². The van der Waals surface area contributed by atoms with Crippen molar-refractivity contribution in [1.29, 1.82) is 5.26 Å². The Morgan fingerprint density at radius 1 is 1.02 bits per heavy atom. The van der Waals surface area contributed by atoms with Crippen molar-refractivity contribution >= 4 is 35.0 Å². The summed E-state index contributed by atoms with van der Waals surface area (Å²) < 4.78 is 13.3. The fourth-order valence-corrected chi connectivity index (χ4v) is 7.39.